The molecule has 17 heavy (non-hydrogen) atoms. The van der Waals surface area contributed by atoms with Gasteiger partial charge in [0.25, 0.3) is 0 Å². The number of hydrogen-bond acceptors (Lipinski definition) is 4. The molecule has 1 fully saturated rings. The smallest absolute Gasteiger partial charge is 0.148 e. The SMILES string of the molecule is CN(C)c1cccc(OC2COCCC2O)c1. The average molecular weight is 237 g/mol. The molecule has 2 atom stereocenters. The Kier molecular flexibility index (Phi) is 3.86. The number of hydrogen-bond donors (Lipinski definition) is 1. The van der Waals surface area contributed by atoms with Gasteiger partial charge >= 0.3 is 0 Å². The van der Waals surface area contributed by atoms with Gasteiger partial charge < -0.3 is 19.5 Å². The molecule has 1 aromatic rings. The Morgan fingerprint density at radius 1 is 1.41 bits per heavy atom. The number of ether oxygens (including phenoxy) is 2. The Hall–Kier alpha value is -1.26. The minimum Gasteiger partial charge on any atom is -0.485 e. The third-order valence-electron chi connectivity index (χ3n) is 2.89. The van der Waals surface area contributed by atoms with E-state index in [0.29, 0.717) is 19.6 Å². The standard InChI is InChI=1S/C13H19NO3/c1-14(2)10-4-3-5-11(8-10)17-13-9-16-7-6-12(13)15/h3-5,8,12-13,15H,6-7,9H2,1-2H3. The van der Waals surface area contributed by atoms with Gasteiger partial charge in [0.15, 0.2) is 0 Å². The number of benzene rings is 1. The zero-order valence-corrected chi connectivity index (χ0v) is 10.3. The number of nitrogens with zero attached hydrogens (tertiary/aromatic N) is 1. The third-order valence-corrected chi connectivity index (χ3v) is 2.89. The van der Waals surface area contributed by atoms with Crippen molar-refractivity contribution in [3.05, 3.63) is 24.3 Å². The second-order valence-corrected chi connectivity index (χ2v) is 4.48. The molecule has 1 saturated heterocycles. The Bertz CT molecular complexity index is 367. The average Bonchev–Trinajstić information content (AvgIpc) is 2.32. The summed E-state index contributed by atoms with van der Waals surface area (Å²) in [5.41, 5.74) is 1.08. The minimum absolute atomic E-state index is 0.263. The van der Waals surface area contributed by atoms with E-state index in [4.69, 9.17) is 9.47 Å². The predicted molar refractivity (Wildman–Crippen MR) is 66.6 cm³/mol. The molecule has 0 aromatic heterocycles. The Morgan fingerprint density at radius 2 is 2.24 bits per heavy atom. The molecule has 0 aliphatic carbocycles. The normalized spacial score (nSPS) is 24.4. The highest BCUT2D eigenvalue weighted by Crippen LogP contribution is 2.22. The summed E-state index contributed by atoms with van der Waals surface area (Å²) in [6.07, 6.45) is -0.0641. The topological polar surface area (TPSA) is 41.9 Å². The molecule has 94 valence electrons. The molecule has 0 bridgehead atoms. The minimum atomic E-state index is -0.438. The largest absolute Gasteiger partial charge is 0.485 e. The zero-order valence-electron chi connectivity index (χ0n) is 10.3. The Labute approximate surface area is 102 Å². The maximum absolute atomic E-state index is 9.79. The van der Waals surface area contributed by atoms with Gasteiger partial charge in [-0.25, -0.2) is 0 Å². The Balaban J connectivity index is 2.04. The van der Waals surface area contributed by atoms with Crippen molar-refractivity contribution in [2.45, 2.75) is 18.6 Å². The van der Waals surface area contributed by atoms with E-state index in [1.54, 1.807) is 0 Å². The molecule has 0 saturated carbocycles. The van der Waals surface area contributed by atoms with E-state index in [9.17, 15) is 5.11 Å². The van der Waals surface area contributed by atoms with Crippen LogP contribution in [0.2, 0.25) is 0 Å². The van der Waals surface area contributed by atoms with E-state index in [1.165, 1.54) is 0 Å². The molecule has 1 aliphatic rings. The summed E-state index contributed by atoms with van der Waals surface area (Å²) in [7, 11) is 3.97. The van der Waals surface area contributed by atoms with Crippen LogP contribution in [-0.2, 0) is 4.74 Å². The molecule has 0 spiro atoms. The van der Waals surface area contributed by atoms with Gasteiger partial charge in [0.1, 0.15) is 11.9 Å². The van der Waals surface area contributed by atoms with Gasteiger partial charge in [-0.15, -0.1) is 0 Å². The first-order valence-corrected chi connectivity index (χ1v) is 5.86. The van der Waals surface area contributed by atoms with E-state index < -0.39 is 6.10 Å². The van der Waals surface area contributed by atoms with Gasteiger partial charge in [-0.05, 0) is 12.1 Å². The summed E-state index contributed by atoms with van der Waals surface area (Å²) in [6.45, 7) is 1.06. The Morgan fingerprint density at radius 3 is 2.94 bits per heavy atom. The zero-order chi connectivity index (χ0) is 12.3. The summed E-state index contributed by atoms with van der Waals surface area (Å²) in [5, 5.41) is 9.79. The highest BCUT2D eigenvalue weighted by atomic mass is 16.5. The number of anilines is 1. The molecular formula is C13H19NO3. The van der Waals surface area contributed by atoms with Gasteiger partial charge in [-0.2, -0.15) is 0 Å². The van der Waals surface area contributed by atoms with Crippen LogP contribution in [0.5, 0.6) is 5.75 Å². The van der Waals surface area contributed by atoms with Crippen molar-refractivity contribution in [3.8, 4) is 5.75 Å². The van der Waals surface area contributed by atoms with Gasteiger partial charge in [-0.3, -0.25) is 0 Å². The lowest BCUT2D eigenvalue weighted by molar-refractivity contribution is -0.0735. The van der Waals surface area contributed by atoms with Crippen LogP contribution in [0, 0.1) is 0 Å². The second-order valence-electron chi connectivity index (χ2n) is 4.48. The number of aliphatic hydroxyl groups excluding tert-OH is 1. The summed E-state index contributed by atoms with van der Waals surface area (Å²) < 4.78 is 11.1. The van der Waals surface area contributed by atoms with Crippen LogP contribution in [0.15, 0.2) is 24.3 Å². The lowest BCUT2D eigenvalue weighted by Gasteiger charge is -2.28. The van der Waals surface area contributed by atoms with Crippen LogP contribution in [0.3, 0.4) is 0 Å². The highest BCUT2D eigenvalue weighted by Gasteiger charge is 2.25. The number of aliphatic hydroxyl groups is 1. The molecule has 1 heterocycles. The van der Waals surface area contributed by atoms with Crippen LogP contribution in [0.4, 0.5) is 5.69 Å². The molecule has 2 rings (SSSR count). The second kappa shape index (κ2) is 5.38. The molecule has 2 unspecified atom stereocenters. The van der Waals surface area contributed by atoms with E-state index in [1.807, 2.05) is 43.3 Å². The van der Waals surface area contributed by atoms with Crippen LogP contribution >= 0.6 is 0 Å². The van der Waals surface area contributed by atoms with Crippen LogP contribution < -0.4 is 9.64 Å². The van der Waals surface area contributed by atoms with Crippen LogP contribution in [0.25, 0.3) is 0 Å². The van der Waals surface area contributed by atoms with Crippen molar-refractivity contribution in [1.29, 1.82) is 0 Å². The van der Waals surface area contributed by atoms with Crippen LogP contribution in [0.1, 0.15) is 6.42 Å². The van der Waals surface area contributed by atoms with Gasteiger partial charge in [-0.1, -0.05) is 6.07 Å². The van der Waals surface area contributed by atoms with E-state index >= 15 is 0 Å². The summed E-state index contributed by atoms with van der Waals surface area (Å²) in [6, 6.07) is 7.82. The lowest BCUT2D eigenvalue weighted by Crippen LogP contribution is -2.40. The van der Waals surface area contributed by atoms with Crippen molar-refractivity contribution in [2.24, 2.45) is 0 Å². The van der Waals surface area contributed by atoms with Crippen molar-refractivity contribution in [3.63, 3.8) is 0 Å². The maximum Gasteiger partial charge on any atom is 0.148 e. The van der Waals surface area contributed by atoms with E-state index in [2.05, 4.69) is 0 Å². The first-order chi connectivity index (χ1) is 8.16. The summed E-state index contributed by atoms with van der Waals surface area (Å²) in [4.78, 5) is 2.01. The van der Waals surface area contributed by atoms with Crippen molar-refractivity contribution >= 4 is 5.69 Å². The lowest BCUT2D eigenvalue weighted by atomic mass is 10.1. The van der Waals surface area contributed by atoms with Crippen molar-refractivity contribution < 1.29 is 14.6 Å². The van der Waals surface area contributed by atoms with Gasteiger partial charge in [0.2, 0.25) is 0 Å². The van der Waals surface area contributed by atoms with Crippen molar-refractivity contribution in [2.75, 3.05) is 32.2 Å². The van der Waals surface area contributed by atoms with E-state index in [-0.39, 0.29) is 6.10 Å². The first-order valence-electron chi connectivity index (χ1n) is 5.86. The highest BCUT2D eigenvalue weighted by molar-refractivity contribution is 5.49. The predicted octanol–water partition coefficient (Wildman–Crippen LogP) is 1.28. The van der Waals surface area contributed by atoms with Gasteiger partial charge in [0.05, 0.1) is 12.7 Å². The monoisotopic (exact) mass is 237 g/mol. The third kappa shape index (κ3) is 3.11. The maximum atomic E-state index is 9.79. The fraction of sp³-hybridized carbons (Fsp3) is 0.538. The quantitative estimate of drug-likeness (QED) is 0.860. The first kappa shape index (κ1) is 12.2. The van der Waals surface area contributed by atoms with Crippen LogP contribution in [-0.4, -0.2) is 44.6 Å². The molecule has 0 amide bonds. The van der Waals surface area contributed by atoms with Gasteiger partial charge in [0, 0.05) is 38.9 Å². The fourth-order valence-corrected chi connectivity index (χ4v) is 1.82. The van der Waals surface area contributed by atoms with Crippen molar-refractivity contribution in [1.82, 2.24) is 0 Å². The molecular weight excluding hydrogens is 218 g/mol. The molecule has 0 radical (unpaired) electrons. The molecule has 4 heteroatoms. The molecule has 1 N–H and O–H groups in total. The fourth-order valence-electron chi connectivity index (χ4n) is 1.82. The molecule has 1 aliphatic heterocycles. The summed E-state index contributed by atoms with van der Waals surface area (Å²) in [5.74, 6) is 0.769. The number of rotatable bonds is 3. The molecule has 4 nitrogen and oxygen atoms in total. The van der Waals surface area contributed by atoms with E-state index in [0.717, 1.165) is 11.4 Å². The molecule has 1 aromatic carbocycles. The summed E-state index contributed by atoms with van der Waals surface area (Å²) >= 11 is 0.